The Labute approximate surface area is 220 Å². The fourth-order valence-corrected chi connectivity index (χ4v) is 5.69. The van der Waals surface area contributed by atoms with Gasteiger partial charge in [-0.25, -0.2) is 4.79 Å². The summed E-state index contributed by atoms with van der Waals surface area (Å²) < 4.78 is 11.1. The molecule has 0 aliphatic heterocycles. The molecule has 1 atom stereocenters. The zero-order valence-corrected chi connectivity index (χ0v) is 21.6. The van der Waals surface area contributed by atoms with Gasteiger partial charge < -0.3 is 20.1 Å². The van der Waals surface area contributed by atoms with Gasteiger partial charge in [0.2, 0.25) is 5.91 Å². The number of pyridine rings is 1. The summed E-state index contributed by atoms with van der Waals surface area (Å²) in [5.41, 5.74) is 3.49. The molecule has 9 heteroatoms. The summed E-state index contributed by atoms with van der Waals surface area (Å²) in [4.78, 5) is 29.9. The molecule has 0 fully saturated rings. The first-order valence-electron chi connectivity index (χ1n) is 12.4. The van der Waals surface area contributed by atoms with E-state index in [0.29, 0.717) is 49.6 Å². The van der Waals surface area contributed by atoms with Crippen molar-refractivity contribution in [3.8, 4) is 11.8 Å². The van der Waals surface area contributed by atoms with Crippen LogP contribution in [0, 0.1) is 17.2 Å². The minimum absolute atomic E-state index is 0.132. The molecule has 1 aromatic carbocycles. The fourth-order valence-electron chi connectivity index (χ4n) is 4.37. The number of nitriles is 1. The van der Waals surface area contributed by atoms with Gasteiger partial charge in [0.05, 0.1) is 18.8 Å². The average Bonchev–Trinajstić information content (AvgIpc) is 3.27. The predicted octanol–water partition coefficient (Wildman–Crippen LogP) is 5.02. The van der Waals surface area contributed by atoms with E-state index in [1.807, 2.05) is 43.3 Å². The van der Waals surface area contributed by atoms with Crippen molar-refractivity contribution in [1.82, 2.24) is 10.3 Å². The molecular weight excluding hydrogens is 488 g/mol. The Hall–Kier alpha value is -3.90. The van der Waals surface area contributed by atoms with Crippen LogP contribution in [0.5, 0.6) is 5.75 Å². The smallest absolute Gasteiger partial charge is 0.407 e. The minimum atomic E-state index is -0.453. The van der Waals surface area contributed by atoms with Crippen molar-refractivity contribution >= 4 is 28.3 Å². The fraction of sp³-hybridized carbons (Fsp3) is 0.357. The monoisotopic (exact) mass is 518 g/mol. The Balaban J connectivity index is 1.29. The topological polar surface area (TPSA) is 113 Å². The molecule has 8 nitrogen and oxygen atoms in total. The number of aromatic nitrogens is 1. The number of fused-ring (bicyclic) bond motifs is 1. The zero-order valence-electron chi connectivity index (χ0n) is 20.8. The third-order valence-corrected chi connectivity index (χ3v) is 7.43. The quantitative estimate of drug-likeness (QED) is 0.390. The highest BCUT2D eigenvalue weighted by atomic mass is 32.1. The SMILES string of the molecule is CCOc1ccccc1CCC(=O)Nc1sc2c(c1C#N)CCC(COC(=O)NCc1ccncc1)C2. The van der Waals surface area contributed by atoms with E-state index in [4.69, 9.17) is 9.47 Å². The van der Waals surface area contributed by atoms with Gasteiger partial charge in [0.15, 0.2) is 0 Å². The number of thiophene rings is 1. The molecule has 2 heterocycles. The lowest BCUT2D eigenvalue weighted by Crippen LogP contribution is -2.27. The minimum Gasteiger partial charge on any atom is -0.494 e. The van der Waals surface area contributed by atoms with E-state index < -0.39 is 6.09 Å². The van der Waals surface area contributed by atoms with E-state index >= 15 is 0 Å². The molecule has 0 spiro atoms. The standard InChI is InChI=1S/C28H30N4O4S/c1-2-35-24-6-4-3-5-21(24)8-10-26(33)32-27-23(16-29)22-9-7-20(15-25(22)37-27)18-36-28(34)31-17-19-11-13-30-14-12-19/h3-6,11-14,20H,2,7-10,15,17-18H2,1H3,(H,31,34)(H,32,33). The second-order valence-corrected chi connectivity index (χ2v) is 9.93. The molecule has 0 saturated carbocycles. The molecule has 2 amide bonds. The van der Waals surface area contributed by atoms with Gasteiger partial charge in [0, 0.05) is 30.2 Å². The number of benzene rings is 1. The van der Waals surface area contributed by atoms with Crippen molar-refractivity contribution in [1.29, 1.82) is 5.26 Å². The van der Waals surface area contributed by atoms with Crippen LogP contribution in [0.25, 0.3) is 0 Å². The van der Waals surface area contributed by atoms with Gasteiger partial charge >= 0.3 is 6.09 Å². The number of carbonyl (C=O) groups excluding carboxylic acids is 2. The van der Waals surface area contributed by atoms with Crippen LogP contribution in [0.3, 0.4) is 0 Å². The number of hydrogen-bond donors (Lipinski definition) is 2. The van der Waals surface area contributed by atoms with Gasteiger partial charge in [-0.3, -0.25) is 9.78 Å². The molecule has 0 bridgehead atoms. The summed E-state index contributed by atoms with van der Waals surface area (Å²) in [5, 5.41) is 16.1. The van der Waals surface area contributed by atoms with Gasteiger partial charge in [0.25, 0.3) is 0 Å². The Bertz CT molecular complexity index is 1270. The number of carbonyl (C=O) groups is 2. The van der Waals surface area contributed by atoms with E-state index in [9.17, 15) is 14.9 Å². The van der Waals surface area contributed by atoms with Crippen LogP contribution in [0.15, 0.2) is 48.8 Å². The number of hydrogen-bond acceptors (Lipinski definition) is 7. The molecule has 1 unspecified atom stereocenters. The van der Waals surface area contributed by atoms with Gasteiger partial charge in [-0.2, -0.15) is 5.26 Å². The molecule has 2 aromatic heterocycles. The molecule has 1 aliphatic rings. The van der Waals surface area contributed by atoms with Gasteiger partial charge in [-0.05, 0) is 73.4 Å². The molecule has 3 aromatic rings. The van der Waals surface area contributed by atoms with Crippen LogP contribution in [0.1, 0.15) is 46.9 Å². The highest BCUT2D eigenvalue weighted by molar-refractivity contribution is 7.16. The number of anilines is 1. The second-order valence-electron chi connectivity index (χ2n) is 8.82. The van der Waals surface area contributed by atoms with Crippen molar-refractivity contribution in [2.75, 3.05) is 18.5 Å². The summed E-state index contributed by atoms with van der Waals surface area (Å²) >= 11 is 1.45. The predicted molar refractivity (Wildman–Crippen MR) is 142 cm³/mol. The molecule has 37 heavy (non-hydrogen) atoms. The van der Waals surface area contributed by atoms with E-state index in [0.717, 1.165) is 40.2 Å². The molecule has 2 N–H and O–H groups in total. The number of ether oxygens (including phenoxy) is 2. The van der Waals surface area contributed by atoms with E-state index in [1.54, 1.807) is 12.4 Å². The summed E-state index contributed by atoms with van der Waals surface area (Å²) in [5.74, 6) is 0.830. The van der Waals surface area contributed by atoms with Crippen LogP contribution in [0.4, 0.5) is 9.80 Å². The summed E-state index contributed by atoms with van der Waals surface area (Å²) in [6.45, 7) is 3.19. The van der Waals surface area contributed by atoms with Crippen LogP contribution < -0.4 is 15.4 Å². The van der Waals surface area contributed by atoms with E-state index in [1.165, 1.54) is 11.3 Å². The number of alkyl carbamates (subject to hydrolysis) is 1. The summed E-state index contributed by atoms with van der Waals surface area (Å²) in [7, 11) is 0. The zero-order chi connectivity index (χ0) is 26.0. The van der Waals surface area contributed by atoms with Crippen LogP contribution in [-0.4, -0.2) is 30.2 Å². The van der Waals surface area contributed by atoms with Crippen molar-refractivity contribution in [3.63, 3.8) is 0 Å². The number of nitrogens with one attached hydrogen (secondary N) is 2. The Morgan fingerprint density at radius 2 is 2.03 bits per heavy atom. The maximum atomic E-state index is 12.7. The maximum Gasteiger partial charge on any atom is 0.407 e. The molecule has 192 valence electrons. The van der Waals surface area contributed by atoms with E-state index in [2.05, 4.69) is 21.7 Å². The molecule has 4 rings (SSSR count). The largest absolute Gasteiger partial charge is 0.494 e. The summed E-state index contributed by atoms with van der Waals surface area (Å²) in [6, 6.07) is 13.7. The highest BCUT2D eigenvalue weighted by Gasteiger charge is 2.27. The highest BCUT2D eigenvalue weighted by Crippen LogP contribution is 2.39. The number of nitrogens with zero attached hydrogens (tertiary/aromatic N) is 2. The first kappa shape index (κ1) is 26.2. The van der Waals surface area contributed by atoms with Crippen LogP contribution in [0.2, 0.25) is 0 Å². The van der Waals surface area contributed by atoms with Crippen LogP contribution >= 0.6 is 11.3 Å². The lowest BCUT2D eigenvalue weighted by Gasteiger charge is -2.21. The third-order valence-electron chi connectivity index (χ3n) is 6.26. The average molecular weight is 519 g/mol. The first-order chi connectivity index (χ1) is 18.1. The Kier molecular flexibility index (Phi) is 9.11. The number of amides is 2. The Morgan fingerprint density at radius 1 is 1.22 bits per heavy atom. The maximum absolute atomic E-state index is 12.7. The van der Waals surface area contributed by atoms with Gasteiger partial charge in [0.1, 0.15) is 16.8 Å². The van der Waals surface area contributed by atoms with Gasteiger partial charge in [-0.15, -0.1) is 11.3 Å². The van der Waals surface area contributed by atoms with Gasteiger partial charge in [-0.1, -0.05) is 18.2 Å². The molecule has 1 aliphatic carbocycles. The number of aryl methyl sites for hydroxylation is 1. The molecular formula is C28H30N4O4S. The van der Waals surface area contributed by atoms with Crippen molar-refractivity contribution < 1.29 is 19.1 Å². The van der Waals surface area contributed by atoms with E-state index in [-0.39, 0.29) is 11.8 Å². The third kappa shape index (κ3) is 7.08. The lowest BCUT2D eigenvalue weighted by atomic mass is 9.88. The van der Waals surface area contributed by atoms with Crippen molar-refractivity contribution in [2.24, 2.45) is 5.92 Å². The molecule has 0 saturated heterocycles. The van der Waals surface area contributed by atoms with Crippen molar-refractivity contribution in [2.45, 2.75) is 45.6 Å². The first-order valence-corrected chi connectivity index (χ1v) is 13.2. The number of para-hydroxylation sites is 1. The Morgan fingerprint density at radius 3 is 2.81 bits per heavy atom. The van der Waals surface area contributed by atoms with Crippen molar-refractivity contribution in [3.05, 3.63) is 75.9 Å². The summed E-state index contributed by atoms with van der Waals surface area (Å²) in [6.07, 6.45) is 6.00. The second kappa shape index (κ2) is 12.9. The number of rotatable bonds is 10. The normalized spacial score (nSPS) is 14.2. The lowest BCUT2D eigenvalue weighted by molar-refractivity contribution is -0.116. The molecule has 0 radical (unpaired) electrons. The van der Waals surface area contributed by atoms with Crippen LogP contribution in [-0.2, 0) is 35.3 Å².